The molecule has 2 fully saturated rings. The number of nitrogens with one attached hydrogen (secondary N) is 1. The maximum atomic E-state index is 14.0. The van der Waals surface area contributed by atoms with Crippen molar-refractivity contribution < 1.29 is 14.4 Å². The molecule has 0 aliphatic heterocycles. The molecule has 41 heavy (non-hydrogen) atoms. The first-order chi connectivity index (χ1) is 19.4. The van der Waals surface area contributed by atoms with Gasteiger partial charge in [-0.25, -0.2) is 15.0 Å². The van der Waals surface area contributed by atoms with Gasteiger partial charge >= 0.3 is 0 Å². The van der Waals surface area contributed by atoms with E-state index in [0.717, 1.165) is 34.2 Å². The summed E-state index contributed by atoms with van der Waals surface area (Å²) in [4.78, 5) is 53.1. The van der Waals surface area contributed by atoms with E-state index in [1.54, 1.807) is 17.1 Å². The number of benzene rings is 1. The molecule has 3 aromatic heterocycles. The standard InChI is InChI=1S/C31H31BrN6O3/c1-15-6-7-25(32)35-29(15)36-30(41)22-10-31(5)11-23(31)26(22)24(40)14-38-28-16(2)8-19(20-12-33-18(4)34-13-20)9-21(28)27(37-38)17(3)39/h6-9,12-13,22-23,26H,10-11,14H2,1-5H3,(H,35,36,41)/t22-,23+,26?,31+/m1/s1. The summed E-state index contributed by atoms with van der Waals surface area (Å²) < 4.78 is 2.28. The third kappa shape index (κ3) is 4.88. The molecular weight excluding hydrogens is 584 g/mol. The molecule has 0 radical (unpaired) electrons. The van der Waals surface area contributed by atoms with Gasteiger partial charge in [-0.2, -0.15) is 5.10 Å². The van der Waals surface area contributed by atoms with Crippen molar-refractivity contribution in [2.24, 2.45) is 23.2 Å². The van der Waals surface area contributed by atoms with Gasteiger partial charge in [-0.3, -0.25) is 19.1 Å². The minimum atomic E-state index is -0.449. The largest absolute Gasteiger partial charge is 0.310 e. The molecule has 1 unspecified atom stereocenters. The van der Waals surface area contributed by atoms with E-state index in [9.17, 15) is 14.4 Å². The molecule has 6 rings (SSSR count). The first kappa shape index (κ1) is 27.4. The Hall–Kier alpha value is -3.79. The molecule has 10 heteroatoms. The summed E-state index contributed by atoms with van der Waals surface area (Å²) in [6.45, 7) is 9.30. The lowest BCUT2D eigenvalue weighted by atomic mass is 9.86. The molecule has 1 N–H and O–H groups in total. The maximum Gasteiger partial charge on any atom is 0.229 e. The Balaban J connectivity index is 1.32. The Kier molecular flexibility index (Phi) is 6.64. The summed E-state index contributed by atoms with van der Waals surface area (Å²) in [5, 5.41) is 8.29. The van der Waals surface area contributed by atoms with Gasteiger partial charge in [-0.15, -0.1) is 0 Å². The lowest BCUT2D eigenvalue weighted by Gasteiger charge is -2.22. The summed E-state index contributed by atoms with van der Waals surface area (Å²) in [6.07, 6.45) is 5.11. The number of hydrogen-bond donors (Lipinski definition) is 1. The van der Waals surface area contributed by atoms with Crippen molar-refractivity contribution in [2.45, 2.75) is 54.0 Å². The van der Waals surface area contributed by atoms with Crippen LogP contribution in [-0.2, 0) is 16.1 Å². The first-order valence-electron chi connectivity index (χ1n) is 13.7. The van der Waals surface area contributed by atoms with E-state index in [1.807, 2.05) is 45.0 Å². The molecule has 0 bridgehead atoms. The van der Waals surface area contributed by atoms with Crippen LogP contribution in [0.1, 0.15) is 54.1 Å². The zero-order valence-electron chi connectivity index (χ0n) is 23.7. The predicted octanol–water partition coefficient (Wildman–Crippen LogP) is 5.65. The lowest BCUT2D eigenvalue weighted by Crippen LogP contribution is -2.34. The monoisotopic (exact) mass is 614 g/mol. The van der Waals surface area contributed by atoms with Gasteiger partial charge in [0, 0.05) is 42.1 Å². The number of carbonyl (C=O) groups is 3. The van der Waals surface area contributed by atoms with Gasteiger partial charge < -0.3 is 5.32 Å². The second-order valence-corrected chi connectivity index (χ2v) is 12.6. The minimum Gasteiger partial charge on any atom is -0.310 e. The van der Waals surface area contributed by atoms with Crippen LogP contribution in [-0.4, -0.2) is 42.2 Å². The number of anilines is 1. The van der Waals surface area contributed by atoms with Crippen molar-refractivity contribution in [2.75, 3.05) is 5.32 Å². The Morgan fingerprint density at radius 1 is 1.05 bits per heavy atom. The number of halogens is 1. The molecule has 1 aromatic carbocycles. The van der Waals surface area contributed by atoms with Crippen LogP contribution >= 0.6 is 15.9 Å². The van der Waals surface area contributed by atoms with Gasteiger partial charge in [-0.1, -0.05) is 13.0 Å². The zero-order chi connectivity index (χ0) is 29.2. The summed E-state index contributed by atoms with van der Waals surface area (Å²) in [5.41, 5.74) is 4.50. The highest BCUT2D eigenvalue weighted by atomic mass is 79.9. The fourth-order valence-corrected chi connectivity index (χ4v) is 6.87. The highest BCUT2D eigenvalue weighted by Gasteiger charge is 2.65. The van der Waals surface area contributed by atoms with E-state index >= 15 is 0 Å². The topological polar surface area (TPSA) is 120 Å². The summed E-state index contributed by atoms with van der Waals surface area (Å²) >= 11 is 3.37. The average Bonchev–Trinajstić information content (AvgIpc) is 3.27. The fraction of sp³-hybridized carbons (Fsp3) is 0.387. The van der Waals surface area contributed by atoms with Gasteiger partial charge in [0.15, 0.2) is 11.6 Å². The molecule has 4 aromatic rings. The number of amides is 1. The van der Waals surface area contributed by atoms with Crippen LogP contribution in [0.3, 0.4) is 0 Å². The molecule has 2 saturated carbocycles. The van der Waals surface area contributed by atoms with Crippen molar-refractivity contribution in [1.82, 2.24) is 24.7 Å². The Labute approximate surface area is 246 Å². The van der Waals surface area contributed by atoms with Gasteiger partial charge in [-0.05, 0) is 95.8 Å². The van der Waals surface area contributed by atoms with Gasteiger partial charge in [0.05, 0.1) is 5.52 Å². The Bertz CT molecular complexity index is 1750. The highest BCUT2D eigenvalue weighted by Crippen LogP contribution is 2.68. The summed E-state index contributed by atoms with van der Waals surface area (Å²) in [5.74, 6) is 0.0679. The number of pyridine rings is 1. The molecule has 2 aliphatic rings. The van der Waals surface area contributed by atoms with E-state index in [1.165, 1.54) is 6.92 Å². The smallest absolute Gasteiger partial charge is 0.229 e. The van der Waals surface area contributed by atoms with Crippen molar-refractivity contribution >= 4 is 50.1 Å². The number of fused-ring (bicyclic) bond motifs is 2. The minimum absolute atomic E-state index is 0.00714. The number of aryl methyl sites for hydroxylation is 3. The van der Waals surface area contributed by atoms with Crippen LogP contribution in [0.25, 0.3) is 22.0 Å². The number of rotatable bonds is 7. The van der Waals surface area contributed by atoms with Crippen LogP contribution in [0.2, 0.25) is 0 Å². The normalized spacial score (nSPS) is 22.9. The summed E-state index contributed by atoms with van der Waals surface area (Å²) in [7, 11) is 0. The number of hydrogen-bond acceptors (Lipinski definition) is 7. The molecule has 1 amide bonds. The van der Waals surface area contributed by atoms with Gasteiger partial charge in [0.1, 0.15) is 28.5 Å². The van der Waals surface area contributed by atoms with Crippen molar-refractivity contribution in [3.8, 4) is 11.1 Å². The molecule has 2 aliphatic carbocycles. The van der Waals surface area contributed by atoms with E-state index in [0.29, 0.717) is 33.7 Å². The van der Waals surface area contributed by atoms with Crippen molar-refractivity contribution in [1.29, 1.82) is 0 Å². The second-order valence-electron chi connectivity index (χ2n) is 11.8. The van der Waals surface area contributed by atoms with Crippen LogP contribution < -0.4 is 5.32 Å². The first-order valence-corrected chi connectivity index (χ1v) is 14.5. The SMILES string of the molecule is CC(=O)c1nn(CC(=O)C2[C@H](C(=O)Nc3nc(Br)ccc3C)C[C@@]3(C)C[C@@H]23)c2c(C)cc(-c3cnc(C)nc3)cc12. The van der Waals surface area contributed by atoms with Gasteiger partial charge in [0.25, 0.3) is 0 Å². The number of nitrogens with zero attached hydrogens (tertiary/aromatic N) is 5. The molecule has 0 saturated heterocycles. The molecular formula is C31H31BrN6O3. The summed E-state index contributed by atoms with van der Waals surface area (Å²) in [6, 6.07) is 7.63. The predicted molar refractivity (Wildman–Crippen MR) is 158 cm³/mol. The third-order valence-corrected chi connectivity index (χ3v) is 9.22. The average molecular weight is 616 g/mol. The van der Waals surface area contributed by atoms with Crippen LogP contribution in [0.4, 0.5) is 5.82 Å². The van der Waals surface area contributed by atoms with Crippen LogP contribution in [0.5, 0.6) is 0 Å². The Morgan fingerprint density at radius 3 is 2.49 bits per heavy atom. The number of aromatic nitrogens is 5. The van der Waals surface area contributed by atoms with E-state index in [4.69, 9.17) is 0 Å². The van der Waals surface area contributed by atoms with E-state index < -0.39 is 11.8 Å². The molecule has 0 spiro atoms. The van der Waals surface area contributed by atoms with Crippen molar-refractivity contribution in [3.63, 3.8) is 0 Å². The molecule has 210 valence electrons. The van der Waals surface area contributed by atoms with Crippen LogP contribution in [0, 0.1) is 43.9 Å². The second kappa shape index (κ2) is 9.94. The molecule has 3 heterocycles. The number of ketones is 2. The molecule has 9 nitrogen and oxygen atoms in total. The zero-order valence-corrected chi connectivity index (χ0v) is 25.2. The van der Waals surface area contributed by atoms with Gasteiger partial charge in [0.2, 0.25) is 5.91 Å². The van der Waals surface area contributed by atoms with Crippen LogP contribution in [0.15, 0.2) is 41.3 Å². The molecule has 4 atom stereocenters. The van der Waals surface area contributed by atoms with E-state index in [2.05, 4.69) is 48.2 Å². The maximum absolute atomic E-state index is 14.0. The number of carbonyl (C=O) groups excluding carboxylic acids is 3. The van der Waals surface area contributed by atoms with E-state index in [-0.39, 0.29) is 35.4 Å². The fourth-order valence-electron chi connectivity index (χ4n) is 6.56. The highest BCUT2D eigenvalue weighted by molar-refractivity contribution is 9.10. The lowest BCUT2D eigenvalue weighted by molar-refractivity contribution is -0.131. The van der Waals surface area contributed by atoms with Crippen molar-refractivity contribution in [3.05, 3.63) is 63.9 Å². The Morgan fingerprint density at radius 2 is 1.78 bits per heavy atom. The quantitative estimate of drug-likeness (QED) is 0.211. The number of Topliss-reactive ketones (excluding diaryl/α,β-unsaturated/α-hetero) is 2. The third-order valence-electron chi connectivity index (χ3n) is 8.78.